The highest BCUT2D eigenvalue weighted by Gasteiger charge is 2.11. The smallest absolute Gasteiger partial charge is 0.232 e. The van der Waals surface area contributed by atoms with E-state index >= 15 is 0 Å². The summed E-state index contributed by atoms with van der Waals surface area (Å²) in [6.07, 6.45) is 4.84. The second kappa shape index (κ2) is 5.61. The predicted molar refractivity (Wildman–Crippen MR) is 81.5 cm³/mol. The highest BCUT2D eigenvalue weighted by Crippen LogP contribution is 2.16. The van der Waals surface area contributed by atoms with E-state index in [1.165, 1.54) is 11.3 Å². The van der Waals surface area contributed by atoms with E-state index in [4.69, 9.17) is 0 Å². The monoisotopic (exact) mass is 301 g/mol. The summed E-state index contributed by atoms with van der Waals surface area (Å²) in [5.41, 5.74) is 2.70. The quantitative estimate of drug-likeness (QED) is 0.802. The number of hydrogen-bond donors (Lipinski definition) is 1. The third kappa shape index (κ3) is 2.92. The molecule has 1 N–H and O–H groups in total. The minimum absolute atomic E-state index is 0.130. The van der Waals surface area contributed by atoms with Gasteiger partial charge in [-0.1, -0.05) is 24.3 Å². The van der Waals surface area contributed by atoms with Gasteiger partial charge in [0.1, 0.15) is 10.7 Å². The Kier molecular flexibility index (Phi) is 3.66. The molecular formula is C14H15N5OS. The lowest BCUT2D eigenvalue weighted by Crippen LogP contribution is -2.14. The van der Waals surface area contributed by atoms with Crippen molar-refractivity contribution in [3.05, 3.63) is 40.8 Å². The van der Waals surface area contributed by atoms with Gasteiger partial charge >= 0.3 is 0 Å². The molecule has 0 aromatic carbocycles. The molecule has 1 amide bonds. The maximum absolute atomic E-state index is 12.0. The largest absolute Gasteiger partial charge is 0.307 e. The van der Waals surface area contributed by atoms with Crippen molar-refractivity contribution in [2.24, 2.45) is 0 Å². The molecule has 0 saturated heterocycles. The molecule has 3 rings (SSSR count). The third-order valence-electron chi connectivity index (χ3n) is 3.09. The fourth-order valence-corrected chi connectivity index (χ4v) is 2.76. The Morgan fingerprint density at radius 2 is 2.29 bits per heavy atom. The molecule has 0 unspecified atom stereocenters. The van der Waals surface area contributed by atoms with Crippen molar-refractivity contribution < 1.29 is 4.79 Å². The Morgan fingerprint density at radius 3 is 3.00 bits per heavy atom. The molecule has 0 bridgehead atoms. The van der Waals surface area contributed by atoms with Gasteiger partial charge in [0, 0.05) is 12.4 Å². The first-order valence-corrected chi connectivity index (χ1v) is 7.53. The van der Waals surface area contributed by atoms with Crippen LogP contribution in [0.3, 0.4) is 0 Å². The summed E-state index contributed by atoms with van der Waals surface area (Å²) in [6.45, 7) is 4.00. The molecule has 0 spiro atoms. The van der Waals surface area contributed by atoms with Gasteiger partial charge in [-0.15, -0.1) is 10.2 Å². The van der Waals surface area contributed by atoms with Gasteiger partial charge in [0.15, 0.2) is 0 Å². The molecule has 0 aliphatic carbocycles. The number of rotatable bonds is 4. The Hall–Kier alpha value is -2.28. The van der Waals surface area contributed by atoms with E-state index in [1.54, 1.807) is 0 Å². The first kappa shape index (κ1) is 13.7. The van der Waals surface area contributed by atoms with Gasteiger partial charge < -0.3 is 9.72 Å². The normalized spacial score (nSPS) is 11.0. The zero-order chi connectivity index (χ0) is 14.8. The zero-order valence-corrected chi connectivity index (χ0v) is 12.6. The van der Waals surface area contributed by atoms with E-state index in [2.05, 4.69) is 20.5 Å². The highest BCUT2D eigenvalue weighted by molar-refractivity contribution is 7.15. The third-order valence-corrected chi connectivity index (χ3v) is 4.07. The molecule has 0 fully saturated rings. The fourth-order valence-electron chi connectivity index (χ4n) is 2.06. The molecule has 0 aliphatic rings. The second-order valence-electron chi connectivity index (χ2n) is 4.73. The summed E-state index contributed by atoms with van der Waals surface area (Å²) < 4.78 is 1.93. The van der Waals surface area contributed by atoms with Crippen LogP contribution in [0.25, 0.3) is 5.65 Å². The number of anilines is 1. The van der Waals surface area contributed by atoms with Gasteiger partial charge in [-0.05, 0) is 25.0 Å². The van der Waals surface area contributed by atoms with Crippen molar-refractivity contribution in [3.63, 3.8) is 0 Å². The van der Waals surface area contributed by atoms with E-state index in [0.29, 0.717) is 5.13 Å². The summed E-state index contributed by atoms with van der Waals surface area (Å²) in [5.74, 6) is -0.130. The predicted octanol–water partition coefficient (Wildman–Crippen LogP) is 2.24. The van der Waals surface area contributed by atoms with Crippen LogP contribution in [0.2, 0.25) is 0 Å². The van der Waals surface area contributed by atoms with Crippen molar-refractivity contribution in [2.75, 3.05) is 5.32 Å². The second-order valence-corrected chi connectivity index (χ2v) is 5.80. The summed E-state index contributed by atoms with van der Waals surface area (Å²) in [5, 5.41) is 12.1. The number of nitrogens with zero attached hydrogens (tertiary/aromatic N) is 4. The molecular weight excluding hydrogens is 286 g/mol. The molecule has 6 nitrogen and oxygen atoms in total. The summed E-state index contributed by atoms with van der Waals surface area (Å²) >= 11 is 1.40. The van der Waals surface area contributed by atoms with Crippen molar-refractivity contribution in [3.8, 4) is 0 Å². The molecule has 3 aromatic rings. The van der Waals surface area contributed by atoms with E-state index in [0.717, 1.165) is 28.3 Å². The van der Waals surface area contributed by atoms with Crippen molar-refractivity contribution in [2.45, 2.75) is 26.7 Å². The maximum Gasteiger partial charge on any atom is 0.232 e. The van der Waals surface area contributed by atoms with Crippen LogP contribution in [0.1, 0.15) is 23.2 Å². The number of amides is 1. The van der Waals surface area contributed by atoms with Crippen molar-refractivity contribution in [1.82, 2.24) is 19.6 Å². The van der Waals surface area contributed by atoms with Crippen LogP contribution < -0.4 is 5.32 Å². The Morgan fingerprint density at radius 1 is 1.43 bits per heavy atom. The molecule has 0 saturated carbocycles. The molecule has 0 aliphatic heterocycles. The minimum Gasteiger partial charge on any atom is -0.307 e. The zero-order valence-electron chi connectivity index (χ0n) is 11.8. The topological polar surface area (TPSA) is 72.2 Å². The SMILES string of the molecule is CCc1nnc(NC(=O)Cc2cn3cccc(C)c3n2)s1. The highest BCUT2D eigenvalue weighted by atomic mass is 32.1. The molecule has 0 atom stereocenters. The Bertz CT molecular complexity index is 792. The van der Waals surface area contributed by atoms with Gasteiger partial charge in [-0.3, -0.25) is 4.79 Å². The number of imidazole rings is 1. The van der Waals surface area contributed by atoms with E-state index in [-0.39, 0.29) is 12.3 Å². The number of carbonyl (C=O) groups is 1. The molecule has 3 heterocycles. The van der Waals surface area contributed by atoms with Crippen LogP contribution in [-0.4, -0.2) is 25.5 Å². The van der Waals surface area contributed by atoms with Crippen LogP contribution in [0.5, 0.6) is 0 Å². The van der Waals surface area contributed by atoms with Gasteiger partial charge in [0.25, 0.3) is 0 Å². The lowest BCUT2D eigenvalue weighted by molar-refractivity contribution is -0.115. The molecule has 0 radical (unpaired) electrons. The summed E-state index contributed by atoms with van der Waals surface area (Å²) in [7, 11) is 0. The van der Waals surface area contributed by atoms with E-state index < -0.39 is 0 Å². The number of aryl methyl sites for hydroxylation is 2. The number of aromatic nitrogens is 4. The first-order valence-electron chi connectivity index (χ1n) is 6.71. The van der Waals surface area contributed by atoms with E-state index in [1.807, 2.05) is 42.8 Å². The summed E-state index contributed by atoms with van der Waals surface area (Å²) in [4.78, 5) is 16.5. The lowest BCUT2D eigenvalue weighted by atomic mass is 10.3. The number of carbonyl (C=O) groups excluding carboxylic acids is 1. The molecule has 21 heavy (non-hydrogen) atoms. The van der Waals surface area contributed by atoms with Gasteiger partial charge in [0.05, 0.1) is 12.1 Å². The van der Waals surface area contributed by atoms with Gasteiger partial charge in [0.2, 0.25) is 11.0 Å². The van der Waals surface area contributed by atoms with E-state index in [9.17, 15) is 4.79 Å². The first-order chi connectivity index (χ1) is 10.2. The molecule has 3 aromatic heterocycles. The van der Waals surface area contributed by atoms with Crippen LogP contribution >= 0.6 is 11.3 Å². The van der Waals surface area contributed by atoms with Crippen molar-refractivity contribution >= 4 is 28.0 Å². The number of fused-ring (bicyclic) bond motifs is 1. The summed E-state index contributed by atoms with van der Waals surface area (Å²) in [6, 6.07) is 3.96. The van der Waals surface area contributed by atoms with Crippen LogP contribution in [0.15, 0.2) is 24.5 Å². The molecule has 108 valence electrons. The average molecular weight is 301 g/mol. The van der Waals surface area contributed by atoms with Gasteiger partial charge in [-0.2, -0.15) is 0 Å². The fraction of sp³-hybridized carbons (Fsp3) is 0.286. The van der Waals surface area contributed by atoms with Crippen molar-refractivity contribution in [1.29, 1.82) is 0 Å². The number of hydrogen-bond acceptors (Lipinski definition) is 5. The van der Waals surface area contributed by atoms with Crippen LogP contribution in [-0.2, 0) is 17.6 Å². The number of nitrogens with one attached hydrogen (secondary N) is 1. The van der Waals surface area contributed by atoms with Crippen LogP contribution in [0.4, 0.5) is 5.13 Å². The average Bonchev–Trinajstić information content (AvgIpc) is 3.05. The Balaban J connectivity index is 1.72. The molecule has 7 heteroatoms. The van der Waals surface area contributed by atoms with Gasteiger partial charge in [-0.25, -0.2) is 4.98 Å². The number of pyridine rings is 1. The maximum atomic E-state index is 12.0. The Labute approximate surface area is 125 Å². The standard InChI is InChI=1S/C14H15N5OS/c1-3-12-17-18-14(21-12)16-11(20)7-10-8-19-6-4-5-9(2)13(19)15-10/h4-6,8H,3,7H2,1-2H3,(H,16,18,20). The van der Waals surface area contributed by atoms with Crippen LogP contribution in [0, 0.1) is 6.92 Å². The lowest BCUT2D eigenvalue weighted by Gasteiger charge is -1.97. The minimum atomic E-state index is -0.130.